The Balaban J connectivity index is 2.03. The van der Waals surface area contributed by atoms with Crippen LogP contribution in [-0.4, -0.2) is 35.6 Å². The van der Waals surface area contributed by atoms with Gasteiger partial charge in [0.15, 0.2) is 0 Å². The maximum Gasteiger partial charge on any atom is 0.0309 e. The van der Waals surface area contributed by atoms with E-state index in [0.29, 0.717) is 5.54 Å². The average Bonchev–Trinajstić information content (AvgIpc) is 2.39. The third-order valence-electron chi connectivity index (χ3n) is 5.33. The summed E-state index contributed by atoms with van der Waals surface area (Å²) in [5.41, 5.74) is 0.454. The van der Waals surface area contributed by atoms with E-state index in [9.17, 15) is 0 Å². The van der Waals surface area contributed by atoms with Crippen molar-refractivity contribution in [2.45, 2.75) is 90.3 Å². The highest BCUT2D eigenvalue weighted by Gasteiger charge is 2.40. The molecule has 1 saturated heterocycles. The monoisotopic (exact) mass is 266 g/mol. The SMILES string of the molecule is CCC1CNC2(CCCCC2)CN1C(C)CC(C)C. The predicted molar refractivity (Wildman–Crippen MR) is 83.5 cm³/mol. The smallest absolute Gasteiger partial charge is 0.0309 e. The fourth-order valence-electron chi connectivity index (χ4n) is 4.26. The quantitative estimate of drug-likeness (QED) is 0.832. The van der Waals surface area contributed by atoms with E-state index in [2.05, 4.69) is 37.9 Å². The van der Waals surface area contributed by atoms with Crippen LogP contribution in [0.3, 0.4) is 0 Å². The summed E-state index contributed by atoms with van der Waals surface area (Å²) in [7, 11) is 0. The molecule has 1 spiro atoms. The van der Waals surface area contributed by atoms with Crippen molar-refractivity contribution in [1.82, 2.24) is 10.2 Å². The molecule has 1 heterocycles. The van der Waals surface area contributed by atoms with Gasteiger partial charge in [-0.3, -0.25) is 4.90 Å². The van der Waals surface area contributed by atoms with E-state index in [1.54, 1.807) is 0 Å². The molecule has 0 aromatic carbocycles. The molecule has 1 aliphatic heterocycles. The number of hydrogen-bond acceptors (Lipinski definition) is 2. The van der Waals surface area contributed by atoms with E-state index in [4.69, 9.17) is 0 Å². The lowest BCUT2D eigenvalue weighted by Gasteiger charge is -2.52. The topological polar surface area (TPSA) is 15.3 Å². The molecule has 2 atom stereocenters. The van der Waals surface area contributed by atoms with E-state index in [-0.39, 0.29) is 0 Å². The third kappa shape index (κ3) is 3.72. The standard InChI is InChI=1S/C17H34N2/c1-5-16-12-18-17(9-7-6-8-10-17)13-19(16)15(4)11-14(2)3/h14-16,18H,5-13H2,1-4H3. The zero-order chi connectivity index (χ0) is 13.9. The Kier molecular flexibility index (Phi) is 5.30. The number of piperazine rings is 1. The van der Waals surface area contributed by atoms with Gasteiger partial charge in [-0.1, -0.05) is 40.0 Å². The number of nitrogens with one attached hydrogen (secondary N) is 1. The molecular weight excluding hydrogens is 232 g/mol. The van der Waals surface area contributed by atoms with Gasteiger partial charge in [0.25, 0.3) is 0 Å². The summed E-state index contributed by atoms with van der Waals surface area (Å²) >= 11 is 0. The molecule has 1 N–H and O–H groups in total. The first-order valence-corrected chi connectivity index (χ1v) is 8.57. The van der Waals surface area contributed by atoms with Gasteiger partial charge in [0.05, 0.1) is 0 Å². The van der Waals surface area contributed by atoms with Crippen molar-refractivity contribution in [1.29, 1.82) is 0 Å². The van der Waals surface area contributed by atoms with E-state index in [1.807, 2.05) is 0 Å². The second-order valence-electron chi connectivity index (χ2n) is 7.43. The third-order valence-corrected chi connectivity index (χ3v) is 5.33. The predicted octanol–water partition coefficient (Wildman–Crippen LogP) is 3.81. The van der Waals surface area contributed by atoms with Gasteiger partial charge >= 0.3 is 0 Å². The minimum absolute atomic E-state index is 0.454. The molecule has 112 valence electrons. The molecule has 1 saturated carbocycles. The first-order chi connectivity index (χ1) is 9.06. The number of rotatable bonds is 4. The minimum atomic E-state index is 0.454. The summed E-state index contributed by atoms with van der Waals surface area (Å²) < 4.78 is 0. The summed E-state index contributed by atoms with van der Waals surface area (Å²) in [6.07, 6.45) is 9.72. The molecule has 0 aromatic heterocycles. The lowest BCUT2D eigenvalue weighted by Crippen LogP contribution is -2.66. The molecular formula is C17H34N2. The Morgan fingerprint density at radius 2 is 1.84 bits per heavy atom. The second-order valence-corrected chi connectivity index (χ2v) is 7.43. The zero-order valence-corrected chi connectivity index (χ0v) is 13.5. The normalized spacial score (nSPS) is 29.8. The number of hydrogen-bond donors (Lipinski definition) is 1. The van der Waals surface area contributed by atoms with Gasteiger partial charge in [0.2, 0.25) is 0 Å². The molecule has 0 aromatic rings. The Bertz CT molecular complexity index is 268. The molecule has 0 bridgehead atoms. The molecule has 2 unspecified atom stereocenters. The van der Waals surface area contributed by atoms with Gasteiger partial charge in [-0.25, -0.2) is 0 Å². The van der Waals surface area contributed by atoms with Crippen LogP contribution in [0.5, 0.6) is 0 Å². The molecule has 2 fully saturated rings. The van der Waals surface area contributed by atoms with Crippen LogP contribution in [0.2, 0.25) is 0 Å². The van der Waals surface area contributed by atoms with Crippen LogP contribution < -0.4 is 5.32 Å². The van der Waals surface area contributed by atoms with Gasteiger partial charge in [0.1, 0.15) is 0 Å². The van der Waals surface area contributed by atoms with Gasteiger partial charge in [-0.2, -0.15) is 0 Å². The molecule has 2 rings (SSSR count). The molecule has 0 amide bonds. The van der Waals surface area contributed by atoms with Crippen molar-refractivity contribution in [3.63, 3.8) is 0 Å². The molecule has 2 aliphatic rings. The summed E-state index contributed by atoms with van der Waals surface area (Å²) in [6.45, 7) is 12.0. The zero-order valence-electron chi connectivity index (χ0n) is 13.5. The van der Waals surface area contributed by atoms with Crippen LogP contribution in [-0.2, 0) is 0 Å². The van der Waals surface area contributed by atoms with Crippen molar-refractivity contribution in [3.8, 4) is 0 Å². The first kappa shape index (κ1) is 15.3. The number of nitrogens with zero attached hydrogens (tertiary/aromatic N) is 1. The van der Waals surface area contributed by atoms with Crippen LogP contribution in [0.25, 0.3) is 0 Å². The highest BCUT2D eigenvalue weighted by Crippen LogP contribution is 2.33. The van der Waals surface area contributed by atoms with Gasteiger partial charge in [-0.05, 0) is 38.5 Å². The average molecular weight is 266 g/mol. The lowest BCUT2D eigenvalue weighted by molar-refractivity contribution is 0.0217. The molecule has 2 nitrogen and oxygen atoms in total. The Morgan fingerprint density at radius 3 is 2.42 bits per heavy atom. The molecule has 1 aliphatic carbocycles. The van der Waals surface area contributed by atoms with E-state index >= 15 is 0 Å². The Hall–Kier alpha value is -0.0800. The minimum Gasteiger partial charge on any atom is -0.308 e. The van der Waals surface area contributed by atoms with E-state index in [1.165, 1.54) is 58.0 Å². The summed E-state index contributed by atoms with van der Waals surface area (Å²) in [5.74, 6) is 0.810. The van der Waals surface area contributed by atoms with Crippen molar-refractivity contribution in [3.05, 3.63) is 0 Å². The van der Waals surface area contributed by atoms with Crippen LogP contribution in [0, 0.1) is 5.92 Å². The Labute approximate surface area is 120 Å². The fraction of sp³-hybridized carbons (Fsp3) is 1.00. The molecule has 2 heteroatoms. The molecule has 19 heavy (non-hydrogen) atoms. The highest BCUT2D eigenvalue weighted by atomic mass is 15.3. The van der Waals surface area contributed by atoms with E-state index in [0.717, 1.165) is 18.0 Å². The van der Waals surface area contributed by atoms with Crippen LogP contribution >= 0.6 is 0 Å². The van der Waals surface area contributed by atoms with E-state index < -0.39 is 0 Å². The largest absolute Gasteiger partial charge is 0.308 e. The van der Waals surface area contributed by atoms with Crippen molar-refractivity contribution in [2.75, 3.05) is 13.1 Å². The summed E-state index contributed by atoms with van der Waals surface area (Å²) in [4.78, 5) is 2.84. The maximum atomic E-state index is 3.93. The van der Waals surface area contributed by atoms with Crippen molar-refractivity contribution < 1.29 is 0 Å². The lowest BCUT2D eigenvalue weighted by atomic mass is 9.78. The van der Waals surface area contributed by atoms with Gasteiger partial charge in [0, 0.05) is 30.7 Å². The van der Waals surface area contributed by atoms with Gasteiger partial charge in [-0.15, -0.1) is 0 Å². The molecule has 0 radical (unpaired) electrons. The highest BCUT2D eigenvalue weighted by molar-refractivity contribution is 5.00. The van der Waals surface area contributed by atoms with Gasteiger partial charge < -0.3 is 5.32 Å². The Morgan fingerprint density at radius 1 is 1.16 bits per heavy atom. The van der Waals surface area contributed by atoms with Crippen LogP contribution in [0.4, 0.5) is 0 Å². The summed E-state index contributed by atoms with van der Waals surface area (Å²) in [5, 5.41) is 3.93. The van der Waals surface area contributed by atoms with Crippen LogP contribution in [0.15, 0.2) is 0 Å². The first-order valence-electron chi connectivity index (χ1n) is 8.57. The summed E-state index contributed by atoms with van der Waals surface area (Å²) in [6, 6.07) is 1.49. The van der Waals surface area contributed by atoms with Crippen LogP contribution in [0.1, 0.15) is 72.6 Å². The second kappa shape index (κ2) is 6.58. The van der Waals surface area contributed by atoms with Crippen molar-refractivity contribution in [2.24, 2.45) is 5.92 Å². The fourth-order valence-corrected chi connectivity index (χ4v) is 4.26. The maximum absolute atomic E-state index is 3.93. The van der Waals surface area contributed by atoms with Crippen molar-refractivity contribution >= 4 is 0 Å².